The fraction of sp³-hybridized carbons (Fsp3) is 0.545. The summed E-state index contributed by atoms with van der Waals surface area (Å²) < 4.78 is 4.96. The molecule has 0 bridgehead atoms. The SMILES string of the molecule is CCCOC(=O)CCC(=O)NC(=S)N(C)c1ccccc1C(=O)NC1CCCCC1. The predicted molar refractivity (Wildman–Crippen MR) is 120 cm³/mol. The molecule has 164 valence electrons. The lowest BCUT2D eigenvalue weighted by molar-refractivity contribution is -0.144. The van der Waals surface area contributed by atoms with Crippen molar-refractivity contribution in [2.45, 2.75) is 64.3 Å². The highest BCUT2D eigenvalue weighted by Crippen LogP contribution is 2.22. The van der Waals surface area contributed by atoms with Crippen LogP contribution in [0.15, 0.2) is 24.3 Å². The number of amides is 2. The second kappa shape index (κ2) is 12.3. The summed E-state index contributed by atoms with van der Waals surface area (Å²) in [6.45, 7) is 2.25. The zero-order valence-corrected chi connectivity index (χ0v) is 18.6. The van der Waals surface area contributed by atoms with E-state index >= 15 is 0 Å². The first-order chi connectivity index (χ1) is 14.4. The van der Waals surface area contributed by atoms with Crippen molar-refractivity contribution >= 4 is 40.8 Å². The van der Waals surface area contributed by atoms with E-state index in [0.717, 1.165) is 32.1 Å². The Kier molecular flexibility index (Phi) is 9.73. The van der Waals surface area contributed by atoms with E-state index in [4.69, 9.17) is 17.0 Å². The fourth-order valence-corrected chi connectivity index (χ4v) is 3.56. The van der Waals surface area contributed by atoms with E-state index in [9.17, 15) is 14.4 Å². The molecule has 0 saturated heterocycles. The van der Waals surface area contributed by atoms with E-state index in [1.807, 2.05) is 13.0 Å². The van der Waals surface area contributed by atoms with Gasteiger partial charge in [0.05, 0.1) is 24.3 Å². The van der Waals surface area contributed by atoms with Gasteiger partial charge < -0.3 is 20.3 Å². The first-order valence-electron chi connectivity index (χ1n) is 10.6. The Hall–Kier alpha value is -2.48. The summed E-state index contributed by atoms with van der Waals surface area (Å²) in [5.74, 6) is -0.919. The summed E-state index contributed by atoms with van der Waals surface area (Å²) in [5, 5.41) is 5.89. The molecule has 2 amide bonds. The van der Waals surface area contributed by atoms with Crippen LogP contribution < -0.4 is 15.5 Å². The van der Waals surface area contributed by atoms with Crippen LogP contribution in [-0.4, -0.2) is 42.6 Å². The molecule has 8 heteroatoms. The Balaban J connectivity index is 1.94. The molecule has 0 atom stereocenters. The highest BCUT2D eigenvalue weighted by molar-refractivity contribution is 7.80. The van der Waals surface area contributed by atoms with Crippen molar-refractivity contribution < 1.29 is 19.1 Å². The normalized spacial score (nSPS) is 13.9. The monoisotopic (exact) mass is 433 g/mol. The zero-order valence-electron chi connectivity index (χ0n) is 17.7. The highest BCUT2D eigenvalue weighted by atomic mass is 32.1. The van der Waals surface area contributed by atoms with Gasteiger partial charge >= 0.3 is 5.97 Å². The van der Waals surface area contributed by atoms with Crippen LogP contribution in [0.4, 0.5) is 5.69 Å². The van der Waals surface area contributed by atoms with Crippen LogP contribution in [0.25, 0.3) is 0 Å². The number of para-hydroxylation sites is 1. The number of thiocarbonyl (C=S) groups is 1. The van der Waals surface area contributed by atoms with Gasteiger partial charge in [0, 0.05) is 19.5 Å². The van der Waals surface area contributed by atoms with E-state index in [1.54, 1.807) is 30.1 Å². The molecule has 2 N–H and O–H groups in total. The highest BCUT2D eigenvalue weighted by Gasteiger charge is 2.21. The predicted octanol–water partition coefficient (Wildman–Crippen LogP) is 3.32. The van der Waals surface area contributed by atoms with Gasteiger partial charge in [0.2, 0.25) is 5.91 Å². The largest absolute Gasteiger partial charge is 0.466 e. The molecule has 1 aromatic carbocycles. The number of anilines is 1. The van der Waals surface area contributed by atoms with Crippen LogP contribution in [-0.2, 0) is 14.3 Å². The molecule has 0 heterocycles. The molecule has 0 aliphatic heterocycles. The average molecular weight is 434 g/mol. The number of nitrogens with zero attached hydrogens (tertiary/aromatic N) is 1. The van der Waals surface area contributed by atoms with Gasteiger partial charge in [-0.2, -0.15) is 0 Å². The lowest BCUT2D eigenvalue weighted by Crippen LogP contribution is -2.42. The van der Waals surface area contributed by atoms with Crippen molar-refractivity contribution in [1.29, 1.82) is 0 Å². The summed E-state index contributed by atoms with van der Waals surface area (Å²) >= 11 is 5.34. The van der Waals surface area contributed by atoms with Crippen LogP contribution >= 0.6 is 12.2 Å². The van der Waals surface area contributed by atoms with E-state index in [2.05, 4.69) is 10.6 Å². The van der Waals surface area contributed by atoms with Gasteiger partial charge in [-0.25, -0.2) is 0 Å². The molecule has 7 nitrogen and oxygen atoms in total. The van der Waals surface area contributed by atoms with E-state index < -0.39 is 5.97 Å². The number of carbonyl (C=O) groups excluding carboxylic acids is 3. The Labute approximate surface area is 183 Å². The topological polar surface area (TPSA) is 87.7 Å². The van der Waals surface area contributed by atoms with Gasteiger partial charge in [0.25, 0.3) is 5.91 Å². The Morgan fingerprint density at radius 3 is 2.53 bits per heavy atom. The third-order valence-electron chi connectivity index (χ3n) is 5.02. The molecular formula is C22H31N3O4S. The van der Waals surface area contributed by atoms with Crippen LogP contribution in [0, 0.1) is 0 Å². The van der Waals surface area contributed by atoms with Crippen LogP contribution in [0.5, 0.6) is 0 Å². The Morgan fingerprint density at radius 2 is 1.83 bits per heavy atom. The van der Waals surface area contributed by atoms with Gasteiger partial charge in [-0.05, 0) is 43.6 Å². The Bertz CT molecular complexity index is 763. The van der Waals surface area contributed by atoms with Gasteiger partial charge in [0.15, 0.2) is 5.11 Å². The molecule has 1 aliphatic carbocycles. The maximum absolute atomic E-state index is 12.8. The smallest absolute Gasteiger partial charge is 0.306 e. The van der Waals surface area contributed by atoms with Gasteiger partial charge in [-0.1, -0.05) is 38.3 Å². The van der Waals surface area contributed by atoms with Crippen molar-refractivity contribution in [3.8, 4) is 0 Å². The Morgan fingerprint density at radius 1 is 1.13 bits per heavy atom. The number of nitrogens with one attached hydrogen (secondary N) is 2. The van der Waals surface area contributed by atoms with Crippen molar-refractivity contribution in [2.75, 3.05) is 18.6 Å². The van der Waals surface area contributed by atoms with Gasteiger partial charge in [-0.15, -0.1) is 0 Å². The molecule has 0 unspecified atom stereocenters. The summed E-state index contributed by atoms with van der Waals surface area (Å²) in [4.78, 5) is 38.1. The van der Waals surface area contributed by atoms with Crippen LogP contribution in [0.1, 0.15) is 68.6 Å². The lowest BCUT2D eigenvalue weighted by atomic mass is 9.95. The van der Waals surface area contributed by atoms with E-state index in [0.29, 0.717) is 17.9 Å². The molecule has 1 aliphatic rings. The molecule has 30 heavy (non-hydrogen) atoms. The number of hydrogen-bond donors (Lipinski definition) is 2. The number of benzene rings is 1. The number of rotatable bonds is 8. The third-order valence-corrected chi connectivity index (χ3v) is 5.40. The van der Waals surface area contributed by atoms with Crippen molar-refractivity contribution in [3.63, 3.8) is 0 Å². The van der Waals surface area contributed by atoms with Gasteiger partial charge in [-0.3, -0.25) is 14.4 Å². The molecular weight excluding hydrogens is 402 g/mol. The number of esters is 1. The van der Waals surface area contributed by atoms with Crippen molar-refractivity contribution in [2.24, 2.45) is 0 Å². The number of carbonyl (C=O) groups is 3. The zero-order chi connectivity index (χ0) is 21.9. The lowest BCUT2D eigenvalue weighted by Gasteiger charge is -2.26. The summed E-state index contributed by atoms with van der Waals surface area (Å²) in [5.41, 5.74) is 1.11. The summed E-state index contributed by atoms with van der Waals surface area (Å²) in [6.07, 6.45) is 6.20. The minimum atomic E-state index is -0.406. The molecule has 0 spiro atoms. The number of ether oxygens (including phenoxy) is 1. The van der Waals surface area contributed by atoms with Crippen LogP contribution in [0.2, 0.25) is 0 Å². The van der Waals surface area contributed by atoms with E-state index in [1.165, 1.54) is 6.42 Å². The standard InChI is InChI=1S/C22H31N3O4S/c1-3-15-29-20(27)14-13-19(26)24-22(30)25(2)18-12-8-7-11-17(18)21(28)23-16-9-5-4-6-10-16/h7-8,11-12,16H,3-6,9-10,13-15H2,1-2H3,(H,23,28)(H,24,26,30). The second-order valence-corrected chi connectivity index (χ2v) is 7.85. The van der Waals surface area contributed by atoms with E-state index in [-0.39, 0.29) is 35.8 Å². The second-order valence-electron chi connectivity index (χ2n) is 7.46. The summed E-state index contributed by atoms with van der Waals surface area (Å²) in [7, 11) is 1.70. The van der Waals surface area contributed by atoms with Gasteiger partial charge in [0.1, 0.15) is 0 Å². The van der Waals surface area contributed by atoms with Crippen molar-refractivity contribution in [1.82, 2.24) is 10.6 Å². The first-order valence-corrected chi connectivity index (χ1v) is 11.0. The molecule has 1 fully saturated rings. The first kappa shape index (κ1) is 23.8. The maximum Gasteiger partial charge on any atom is 0.306 e. The molecule has 1 aromatic rings. The average Bonchev–Trinajstić information content (AvgIpc) is 2.76. The van der Waals surface area contributed by atoms with Crippen molar-refractivity contribution in [3.05, 3.63) is 29.8 Å². The molecule has 2 rings (SSSR count). The van der Waals surface area contributed by atoms with Crippen LogP contribution in [0.3, 0.4) is 0 Å². The molecule has 0 radical (unpaired) electrons. The quantitative estimate of drug-likeness (QED) is 0.483. The molecule has 1 saturated carbocycles. The summed E-state index contributed by atoms with van der Waals surface area (Å²) in [6, 6.07) is 7.35. The third kappa shape index (κ3) is 7.40. The fourth-order valence-electron chi connectivity index (χ4n) is 3.35. The minimum absolute atomic E-state index is 0.00145. The number of hydrogen-bond acceptors (Lipinski definition) is 5. The molecule has 0 aromatic heterocycles. The maximum atomic E-state index is 12.8. The minimum Gasteiger partial charge on any atom is -0.466 e.